The van der Waals surface area contributed by atoms with E-state index in [1.165, 1.54) is 24.2 Å². The van der Waals surface area contributed by atoms with Gasteiger partial charge in [-0.15, -0.1) is 0 Å². The van der Waals surface area contributed by atoms with Crippen molar-refractivity contribution in [1.29, 1.82) is 0 Å². The van der Waals surface area contributed by atoms with Gasteiger partial charge in [0, 0.05) is 12.6 Å². The lowest BCUT2D eigenvalue weighted by atomic mass is 9.95. The molecule has 0 unspecified atom stereocenters. The largest absolute Gasteiger partial charge is 0.347 e. The summed E-state index contributed by atoms with van der Waals surface area (Å²) in [6.45, 7) is 2.25. The van der Waals surface area contributed by atoms with Crippen molar-refractivity contribution < 1.29 is 19.1 Å². The molecule has 3 N–H and O–H groups in total. The Labute approximate surface area is 120 Å². The summed E-state index contributed by atoms with van der Waals surface area (Å²) in [6.07, 6.45) is 6.86. The highest BCUT2D eigenvalue weighted by molar-refractivity contribution is 7.52. The van der Waals surface area contributed by atoms with Gasteiger partial charge in [-0.25, -0.2) is 0 Å². The second kappa shape index (κ2) is 6.56. The standard InChI is InChI=1S/C13H25N2O4P/c1-10(14-11-6-3-2-4-7-11)13(16)15-9-5-8-12(15)20(17,18)19/h10-12,14H,2-9H2,1H3,(H2,17,18,19)/t10-,12+/m0/s1. The summed E-state index contributed by atoms with van der Waals surface area (Å²) in [5.41, 5.74) is 0. The van der Waals surface area contributed by atoms with Crippen LogP contribution in [-0.2, 0) is 9.36 Å². The molecule has 1 saturated carbocycles. The van der Waals surface area contributed by atoms with Gasteiger partial charge in [0.2, 0.25) is 5.91 Å². The highest BCUT2D eigenvalue weighted by Crippen LogP contribution is 2.47. The molecule has 1 amide bonds. The van der Waals surface area contributed by atoms with Gasteiger partial charge < -0.3 is 20.0 Å². The van der Waals surface area contributed by atoms with Crippen molar-refractivity contribution in [2.45, 2.75) is 69.7 Å². The minimum Gasteiger partial charge on any atom is -0.327 e. The van der Waals surface area contributed by atoms with E-state index in [4.69, 9.17) is 0 Å². The summed E-state index contributed by atoms with van der Waals surface area (Å²) >= 11 is 0. The Bertz CT molecular complexity index is 392. The third-order valence-electron chi connectivity index (χ3n) is 4.35. The molecule has 2 atom stereocenters. The fraction of sp³-hybridized carbons (Fsp3) is 0.923. The number of nitrogens with zero attached hydrogens (tertiary/aromatic N) is 1. The molecule has 116 valence electrons. The van der Waals surface area contributed by atoms with E-state index in [0.717, 1.165) is 12.8 Å². The van der Waals surface area contributed by atoms with Crippen molar-refractivity contribution in [3.8, 4) is 0 Å². The van der Waals surface area contributed by atoms with Crippen molar-refractivity contribution in [2.24, 2.45) is 0 Å². The van der Waals surface area contributed by atoms with Gasteiger partial charge in [-0.1, -0.05) is 19.3 Å². The van der Waals surface area contributed by atoms with Gasteiger partial charge in [-0.2, -0.15) is 0 Å². The molecule has 0 aromatic heterocycles. The lowest BCUT2D eigenvalue weighted by Crippen LogP contribution is -2.50. The van der Waals surface area contributed by atoms with Crippen LogP contribution in [0.2, 0.25) is 0 Å². The molecule has 7 heteroatoms. The van der Waals surface area contributed by atoms with E-state index in [2.05, 4.69) is 5.32 Å². The number of hydrogen-bond acceptors (Lipinski definition) is 3. The number of hydrogen-bond donors (Lipinski definition) is 3. The Morgan fingerprint density at radius 3 is 2.45 bits per heavy atom. The maximum absolute atomic E-state index is 12.4. The highest BCUT2D eigenvalue weighted by atomic mass is 31.2. The van der Waals surface area contributed by atoms with Crippen LogP contribution in [-0.4, -0.2) is 45.0 Å². The van der Waals surface area contributed by atoms with Gasteiger partial charge in [0.1, 0.15) is 5.78 Å². The second-order valence-electron chi connectivity index (χ2n) is 5.97. The van der Waals surface area contributed by atoms with E-state index >= 15 is 0 Å². The van der Waals surface area contributed by atoms with Gasteiger partial charge in [0.05, 0.1) is 6.04 Å². The molecule has 2 aliphatic rings. The Balaban J connectivity index is 1.93. The van der Waals surface area contributed by atoms with Gasteiger partial charge in [0.15, 0.2) is 0 Å². The molecule has 6 nitrogen and oxygen atoms in total. The number of carbonyl (C=O) groups excluding carboxylic acids is 1. The molecule has 2 rings (SSSR count). The summed E-state index contributed by atoms with van der Waals surface area (Å²) in [6, 6.07) is -0.0101. The van der Waals surface area contributed by atoms with Crippen LogP contribution in [0, 0.1) is 0 Å². The zero-order chi connectivity index (χ0) is 14.8. The van der Waals surface area contributed by atoms with Crippen molar-refractivity contribution >= 4 is 13.5 Å². The van der Waals surface area contributed by atoms with E-state index in [1.807, 2.05) is 0 Å². The molecule has 1 saturated heterocycles. The molecule has 0 aromatic carbocycles. The highest BCUT2D eigenvalue weighted by Gasteiger charge is 2.41. The smallest absolute Gasteiger partial charge is 0.327 e. The number of amides is 1. The van der Waals surface area contributed by atoms with Crippen LogP contribution < -0.4 is 5.32 Å². The monoisotopic (exact) mass is 304 g/mol. The van der Waals surface area contributed by atoms with Gasteiger partial charge in [-0.05, 0) is 32.6 Å². The molecular weight excluding hydrogens is 279 g/mol. The predicted molar refractivity (Wildman–Crippen MR) is 76.2 cm³/mol. The number of nitrogens with one attached hydrogen (secondary N) is 1. The Hall–Kier alpha value is -0.420. The normalized spacial score (nSPS) is 26.8. The van der Waals surface area contributed by atoms with Crippen molar-refractivity contribution in [3.63, 3.8) is 0 Å². The lowest BCUT2D eigenvalue weighted by molar-refractivity contribution is -0.133. The van der Waals surface area contributed by atoms with Crippen LogP contribution in [0.25, 0.3) is 0 Å². The molecule has 1 aliphatic heterocycles. The Morgan fingerprint density at radius 1 is 1.20 bits per heavy atom. The topological polar surface area (TPSA) is 89.9 Å². The minimum atomic E-state index is -4.23. The molecule has 0 radical (unpaired) electrons. The van der Waals surface area contributed by atoms with Crippen molar-refractivity contribution in [1.82, 2.24) is 10.2 Å². The van der Waals surface area contributed by atoms with Crippen LogP contribution >= 0.6 is 7.60 Å². The summed E-state index contributed by atoms with van der Waals surface area (Å²) in [5.74, 6) is -1.10. The first kappa shape index (κ1) is 16.0. The zero-order valence-electron chi connectivity index (χ0n) is 12.0. The molecule has 1 aliphatic carbocycles. The third-order valence-corrected chi connectivity index (χ3v) is 5.67. The van der Waals surface area contributed by atoms with Gasteiger partial charge >= 0.3 is 7.60 Å². The third kappa shape index (κ3) is 3.82. The van der Waals surface area contributed by atoms with Gasteiger partial charge in [0.25, 0.3) is 0 Å². The molecule has 0 spiro atoms. The fourth-order valence-corrected chi connectivity index (χ4v) is 4.41. The van der Waals surface area contributed by atoms with E-state index < -0.39 is 13.4 Å². The van der Waals surface area contributed by atoms with Crippen molar-refractivity contribution in [3.05, 3.63) is 0 Å². The van der Waals surface area contributed by atoms with E-state index in [9.17, 15) is 19.1 Å². The van der Waals surface area contributed by atoms with E-state index in [-0.39, 0.29) is 11.9 Å². The van der Waals surface area contributed by atoms with Crippen molar-refractivity contribution in [2.75, 3.05) is 6.54 Å². The SMILES string of the molecule is C[C@H](NC1CCCCC1)C(=O)N1CCC[C@H]1P(=O)(O)O. The molecule has 2 fully saturated rings. The molecule has 20 heavy (non-hydrogen) atoms. The first-order valence-electron chi connectivity index (χ1n) is 7.51. The van der Waals surface area contributed by atoms with Crippen LogP contribution in [0.5, 0.6) is 0 Å². The molecule has 1 heterocycles. The number of rotatable bonds is 4. The molecular formula is C13H25N2O4P. The van der Waals surface area contributed by atoms with Crippen LogP contribution in [0.4, 0.5) is 0 Å². The van der Waals surface area contributed by atoms with Crippen LogP contribution in [0.3, 0.4) is 0 Å². The van der Waals surface area contributed by atoms with Crippen LogP contribution in [0.1, 0.15) is 51.9 Å². The maximum atomic E-state index is 12.4. The Kier molecular flexibility index (Phi) is 5.24. The quantitative estimate of drug-likeness (QED) is 0.684. The number of likely N-dealkylation sites (tertiary alicyclic amines) is 1. The number of carbonyl (C=O) groups is 1. The van der Waals surface area contributed by atoms with Crippen LogP contribution in [0.15, 0.2) is 0 Å². The summed E-state index contributed by atoms with van der Waals surface area (Å²) in [7, 11) is -4.23. The first-order valence-corrected chi connectivity index (χ1v) is 9.19. The minimum absolute atomic E-state index is 0.179. The predicted octanol–water partition coefficient (Wildman–Crippen LogP) is 1.42. The first-order chi connectivity index (χ1) is 9.39. The fourth-order valence-electron chi connectivity index (χ4n) is 3.30. The maximum Gasteiger partial charge on any atom is 0.347 e. The average molecular weight is 304 g/mol. The summed E-state index contributed by atoms with van der Waals surface area (Å²) in [5, 5.41) is 3.32. The summed E-state index contributed by atoms with van der Waals surface area (Å²) in [4.78, 5) is 32.4. The average Bonchev–Trinajstić information content (AvgIpc) is 2.88. The molecule has 0 aromatic rings. The zero-order valence-corrected chi connectivity index (χ0v) is 12.9. The van der Waals surface area contributed by atoms with E-state index in [1.54, 1.807) is 6.92 Å². The van der Waals surface area contributed by atoms with E-state index in [0.29, 0.717) is 25.4 Å². The Morgan fingerprint density at radius 2 is 1.85 bits per heavy atom. The lowest BCUT2D eigenvalue weighted by Gasteiger charge is -2.31. The summed E-state index contributed by atoms with van der Waals surface area (Å²) < 4.78 is 11.4. The van der Waals surface area contributed by atoms with Gasteiger partial charge in [-0.3, -0.25) is 9.36 Å². The molecule has 0 bridgehead atoms. The second-order valence-corrected chi connectivity index (χ2v) is 7.74.